The van der Waals surface area contributed by atoms with Crippen molar-refractivity contribution in [3.63, 3.8) is 0 Å². The highest BCUT2D eigenvalue weighted by molar-refractivity contribution is 5.70. The highest BCUT2D eigenvalue weighted by Gasteiger charge is 2.17. The van der Waals surface area contributed by atoms with E-state index in [0.717, 1.165) is 18.4 Å². The molecule has 0 saturated heterocycles. The summed E-state index contributed by atoms with van der Waals surface area (Å²) in [5.41, 5.74) is 0.803. The highest BCUT2D eigenvalue weighted by Crippen LogP contribution is 2.25. The predicted molar refractivity (Wildman–Crippen MR) is 88.8 cm³/mol. The Bertz CT molecular complexity index is 486. The minimum absolute atomic E-state index is 0.102. The Morgan fingerprint density at radius 1 is 1.17 bits per heavy atom. The average Bonchev–Trinajstić information content (AvgIpc) is 2.58. The maximum absolute atomic E-state index is 12.0. The molecule has 1 rings (SSSR count). The van der Waals surface area contributed by atoms with Crippen LogP contribution >= 0.6 is 0 Å². The van der Waals surface area contributed by atoms with Crippen molar-refractivity contribution < 1.29 is 23.7 Å². The summed E-state index contributed by atoms with van der Waals surface area (Å²) in [5.74, 6) is 1.59. The number of rotatable bonds is 10. The van der Waals surface area contributed by atoms with Crippen LogP contribution in [0.4, 0.5) is 0 Å². The van der Waals surface area contributed by atoms with Gasteiger partial charge in [0, 0.05) is 18.7 Å². The van der Waals surface area contributed by atoms with Gasteiger partial charge in [0.05, 0.1) is 26.7 Å². The number of ether oxygens (including phenoxy) is 4. The summed E-state index contributed by atoms with van der Waals surface area (Å²) < 4.78 is 21.2. The smallest absolute Gasteiger partial charge is 0.308 e. The van der Waals surface area contributed by atoms with Crippen molar-refractivity contribution in [3.05, 3.63) is 23.8 Å². The second-order valence-electron chi connectivity index (χ2n) is 5.65. The molecule has 0 saturated carbocycles. The lowest BCUT2D eigenvalue weighted by atomic mass is 9.99. The molecule has 0 aliphatic rings. The second kappa shape index (κ2) is 10.1. The summed E-state index contributed by atoms with van der Waals surface area (Å²) in [4.78, 5) is 12.0. The number of carbonyl (C=O) groups is 1. The summed E-state index contributed by atoms with van der Waals surface area (Å²) in [6.07, 6.45) is 2.08. The van der Waals surface area contributed by atoms with Crippen molar-refractivity contribution in [2.45, 2.75) is 45.8 Å². The number of esters is 1. The molecule has 0 N–H and O–H groups in total. The average molecular weight is 324 g/mol. The Balaban J connectivity index is 2.55. The Kier molecular flexibility index (Phi) is 8.48. The molecule has 0 amide bonds. The van der Waals surface area contributed by atoms with Crippen LogP contribution < -0.4 is 9.47 Å². The maximum atomic E-state index is 12.0. The number of hydrogen-bond donors (Lipinski definition) is 0. The molecule has 0 bridgehead atoms. The monoisotopic (exact) mass is 324 g/mol. The van der Waals surface area contributed by atoms with Crippen molar-refractivity contribution in [2.24, 2.45) is 5.92 Å². The van der Waals surface area contributed by atoms with Gasteiger partial charge in [-0.25, -0.2) is 0 Å². The van der Waals surface area contributed by atoms with Crippen molar-refractivity contribution in [3.8, 4) is 11.5 Å². The minimum Gasteiger partial charge on any atom is -0.497 e. The molecule has 0 aromatic heterocycles. The molecule has 23 heavy (non-hydrogen) atoms. The van der Waals surface area contributed by atoms with Gasteiger partial charge in [-0.2, -0.15) is 0 Å². The van der Waals surface area contributed by atoms with Crippen LogP contribution in [0, 0.1) is 5.92 Å². The summed E-state index contributed by atoms with van der Waals surface area (Å²) in [7, 11) is 4.80. The first-order chi connectivity index (χ1) is 11.0. The van der Waals surface area contributed by atoms with Crippen molar-refractivity contribution in [1.82, 2.24) is 0 Å². The van der Waals surface area contributed by atoms with Gasteiger partial charge in [-0.1, -0.05) is 20.3 Å². The SMILES string of the molecule is CCC(C)CC(CC(=O)OCc1ccc(OC)cc1OC)OC. The molecular formula is C18H28O5. The number of methoxy groups -OCH3 is 3. The van der Waals surface area contributed by atoms with Gasteiger partial charge < -0.3 is 18.9 Å². The van der Waals surface area contributed by atoms with E-state index in [0.29, 0.717) is 17.4 Å². The highest BCUT2D eigenvalue weighted by atomic mass is 16.5. The van der Waals surface area contributed by atoms with E-state index in [2.05, 4.69) is 13.8 Å². The zero-order valence-electron chi connectivity index (χ0n) is 14.8. The van der Waals surface area contributed by atoms with E-state index in [1.807, 2.05) is 12.1 Å². The Hall–Kier alpha value is -1.75. The fourth-order valence-corrected chi connectivity index (χ4v) is 2.25. The number of benzene rings is 1. The Morgan fingerprint density at radius 2 is 1.91 bits per heavy atom. The molecule has 1 aromatic rings. The zero-order chi connectivity index (χ0) is 17.2. The van der Waals surface area contributed by atoms with Crippen LogP contribution in [-0.4, -0.2) is 33.4 Å². The lowest BCUT2D eigenvalue weighted by Crippen LogP contribution is -2.20. The normalized spacial score (nSPS) is 13.3. The molecule has 0 heterocycles. The van der Waals surface area contributed by atoms with Crippen LogP contribution in [0.25, 0.3) is 0 Å². The van der Waals surface area contributed by atoms with E-state index in [-0.39, 0.29) is 25.1 Å². The molecule has 2 unspecified atom stereocenters. The zero-order valence-corrected chi connectivity index (χ0v) is 14.8. The molecular weight excluding hydrogens is 296 g/mol. The van der Waals surface area contributed by atoms with Gasteiger partial charge in [0.25, 0.3) is 0 Å². The number of carbonyl (C=O) groups excluding carboxylic acids is 1. The van der Waals surface area contributed by atoms with E-state index >= 15 is 0 Å². The van der Waals surface area contributed by atoms with Crippen LogP contribution in [-0.2, 0) is 20.9 Å². The maximum Gasteiger partial charge on any atom is 0.308 e. The van der Waals surface area contributed by atoms with Gasteiger partial charge in [-0.3, -0.25) is 4.79 Å². The van der Waals surface area contributed by atoms with Crippen LogP contribution in [0.15, 0.2) is 18.2 Å². The van der Waals surface area contributed by atoms with Crippen molar-refractivity contribution in [2.75, 3.05) is 21.3 Å². The topological polar surface area (TPSA) is 54.0 Å². The van der Waals surface area contributed by atoms with E-state index in [4.69, 9.17) is 18.9 Å². The summed E-state index contributed by atoms with van der Waals surface area (Å²) in [6.45, 7) is 4.46. The fourth-order valence-electron chi connectivity index (χ4n) is 2.25. The summed E-state index contributed by atoms with van der Waals surface area (Å²) in [5, 5.41) is 0. The Morgan fingerprint density at radius 3 is 2.48 bits per heavy atom. The van der Waals surface area contributed by atoms with E-state index in [9.17, 15) is 4.79 Å². The molecule has 0 spiro atoms. The van der Waals surface area contributed by atoms with E-state index < -0.39 is 0 Å². The minimum atomic E-state index is -0.266. The molecule has 5 heteroatoms. The summed E-state index contributed by atoms with van der Waals surface area (Å²) >= 11 is 0. The van der Waals surface area contributed by atoms with Crippen LogP contribution in [0.1, 0.15) is 38.7 Å². The first-order valence-corrected chi connectivity index (χ1v) is 7.93. The largest absolute Gasteiger partial charge is 0.497 e. The van der Waals surface area contributed by atoms with Crippen molar-refractivity contribution >= 4 is 5.97 Å². The van der Waals surface area contributed by atoms with Crippen molar-refractivity contribution in [1.29, 1.82) is 0 Å². The van der Waals surface area contributed by atoms with Gasteiger partial charge in [0.1, 0.15) is 18.1 Å². The predicted octanol–water partition coefficient (Wildman–Crippen LogP) is 3.59. The van der Waals surface area contributed by atoms with E-state index in [1.165, 1.54) is 0 Å². The first-order valence-electron chi connectivity index (χ1n) is 7.93. The summed E-state index contributed by atoms with van der Waals surface area (Å²) in [6, 6.07) is 5.41. The van der Waals surface area contributed by atoms with Gasteiger partial charge in [-0.05, 0) is 24.5 Å². The van der Waals surface area contributed by atoms with Gasteiger partial charge in [-0.15, -0.1) is 0 Å². The Labute approximate surface area is 138 Å². The van der Waals surface area contributed by atoms with Gasteiger partial charge in [0.2, 0.25) is 0 Å². The molecule has 0 aliphatic heterocycles. The third-order valence-corrected chi connectivity index (χ3v) is 3.97. The van der Waals surface area contributed by atoms with Crippen LogP contribution in [0.5, 0.6) is 11.5 Å². The quantitative estimate of drug-likeness (QED) is 0.616. The molecule has 0 radical (unpaired) electrons. The lowest BCUT2D eigenvalue weighted by molar-refractivity contribution is -0.148. The second-order valence-corrected chi connectivity index (χ2v) is 5.65. The van der Waals surface area contributed by atoms with Crippen LogP contribution in [0.2, 0.25) is 0 Å². The van der Waals surface area contributed by atoms with Crippen LogP contribution in [0.3, 0.4) is 0 Å². The molecule has 130 valence electrons. The molecule has 0 fully saturated rings. The standard InChI is InChI=1S/C18H28O5/c1-6-13(2)9-16(21-4)11-18(19)23-12-14-7-8-15(20-3)10-17(14)22-5/h7-8,10,13,16H,6,9,11-12H2,1-5H3. The molecule has 1 aromatic carbocycles. The fraction of sp³-hybridized carbons (Fsp3) is 0.611. The van der Waals surface area contributed by atoms with E-state index in [1.54, 1.807) is 27.4 Å². The third-order valence-electron chi connectivity index (χ3n) is 3.97. The van der Waals surface area contributed by atoms with Gasteiger partial charge >= 0.3 is 5.97 Å². The number of hydrogen-bond acceptors (Lipinski definition) is 5. The first kappa shape index (κ1) is 19.3. The molecule has 2 atom stereocenters. The van der Waals surface area contributed by atoms with Gasteiger partial charge in [0.15, 0.2) is 0 Å². The molecule has 0 aliphatic carbocycles. The third kappa shape index (κ3) is 6.48. The molecule has 5 nitrogen and oxygen atoms in total. The lowest BCUT2D eigenvalue weighted by Gasteiger charge is -2.18.